The Bertz CT molecular complexity index is 851. The van der Waals surface area contributed by atoms with Gasteiger partial charge in [-0.25, -0.2) is 0 Å². The van der Waals surface area contributed by atoms with Crippen LogP contribution >= 0.6 is 0 Å². The molecule has 6 rings (SSSR count). The molecular weight excluding hydrogens is 408 g/mol. The van der Waals surface area contributed by atoms with E-state index in [1.54, 1.807) is 13.0 Å². The molecule has 4 bridgehead atoms. The molecule has 3 amide bonds. The summed E-state index contributed by atoms with van der Waals surface area (Å²) in [5, 5.41) is 9.68. The Morgan fingerprint density at radius 3 is 2.28 bits per heavy atom. The van der Waals surface area contributed by atoms with Gasteiger partial charge in [0.1, 0.15) is 5.76 Å². The summed E-state index contributed by atoms with van der Waals surface area (Å²) in [5.74, 6) is 3.32. The molecule has 4 aliphatic carbocycles. The topological polar surface area (TPSA) is 105 Å². The Hall–Kier alpha value is -2.38. The second-order valence-corrected chi connectivity index (χ2v) is 10.7. The molecule has 1 saturated heterocycles. The standard InChI is InChI=1S/C24H34N4O4/c1-15-8-20(27-32-15)26-22(30)19-3-6-28(7-4-19)21(29)2-5-25-23(31)24-12-16-9-17(13-24)11-18(10-16)14-24/h8,16-19H,2-7,9-14H2,1H3,(H,25,31)(H,26,27,30). The van der Waals surface area contributed by atoms with E-state index in [0.29, 0.717) is 50.5 Å². The first-order chi connectivity index (χ1) is 15.4. The van der Waals surface area contributed by atoms with Crippen LogP contribution in [0.1, 0.15) is 63.5 Å². The number of hydrogen-bond donors (Lipinski definition) is 2. The maximum Gasteiger partial charge on any atom is 0.228 e. The van der Waals surface area contributed by atoms with Crippen LogP contribution in [0.4, 0.5) is 5.82 Å². The van der Waals surface area contributed by atoms with Crippen molar-refractivity contribution in [3.63, 3.8) is 0 Å². The first-order valence-corrected chi connectivity index (χ1v) is 12.2. The number of carbonyl (C=O) groups excluding carboxylic acids is 3. The van der Waals surface area contributed by atoms with Crippen LogP contribution in [0.2, 0.25) is 0 Å². The minimum atomic E-state index is -0.161. The highest BCUT2D eigenvalue weighted by Gasteiger charge is 2.54. The third-order valence-corrected chi connectivity index (χ3v) is 8.24. The fraction of sp³-hybridized carbons (Fsp3) is 0.750. The average molecular weight is 443 g/mol. The van der Waals surface area contributed by atoms with Gasteiger partial charge in [-0.3, -0.25) is 14.4 Å². The van der Waals surface area contributed by atoms with Crippen molar-refractivity contribution in [2.75, 3.05) is 25.0 Å². The van der Waals surface area contributed by atoms with E-state index >= 15 is 0 Å². The third kappa shape index (κ3) is 4.28. The number of nitrogens with one attached hydrogen (secondary N) is 2. The van der Waals surface area contributed by atoms with E-state index in [-0.39, 0.29) is 29.1 Å². The molecule has 0 unspecified atom stereocenters. The van der Waals surface area contributed by atoms with Gasteiger partial charge in [0.25, 0.3) is 0 Å². The van der Waals surface area contributed by atoms with Crippen LogP contribution in [0.5, 0.6) is 0 Å². The van der Waals surface area contributed by atoms with Gasteiger partial charge in [-0.2, -0.15) is 0 Å². The SMILES string of the molecule is Cc1cc(NC(=O)C2CCN(C(=O)CCNC(=O)C34CC5CC(CC(C5)C3)C4)CC2)no1. The molecular formula is C24H34N4O4. The Morgan fingerprint density at radius 2 is 1.72 bits per heavy atom. The van der Waals surface area contributed by atoms with Gasteiger partial charge in [0.15, 0.2) is 5.82 Å². The lowest BCUT2D eigenvalue weighted by Crippen LogP contribution is -2.54. The molecule has 8 nitrogen and oxygen atoms in total. The van der Waals surface area contributed by atoms with Crippen LogP contribution in [0.3, 0.4) is 0 Å². The number of aryl methyl sites for hydroxylation is 1. The quantitative estimate of drug-likeness (QED) is 0.705. The summed E-state index contributed by atoms with van der Waals surface area (Å²) in [7, 11) is 0. The molecule has 8 heteroatoms. The summed E-state index contributed by atoms with van der Waals surface area (Å²) in [5.41, 5.74) is -0.161. The smallest absolute Gasteiger partial charge is 0.228 e. The molecule has 1 aromatic rings. The van der Waals surface area contributed by atoms with E-state index in [0.717, 1.165) is 37.0 Å². The fourth-order valence-electron chi connectivity index (χ4n) is 7.06. The number of likely N-dealkylation sites (tertiary alicyclic amines) is 1. The van der Waals surface area contributed by atoms with Crippen LogP contribution in [-0.4, -0.2) is 47.4 Å². The molecule has 5 fully saturated rings. The van der Waals surface area contributed by atoms with Gasteiger partial charge in [-0.05, 0) is 76.0 Å². The molecule has 1 aliphatic heterocycles. The van der Waals surface area contributed by atoms with E-state index in [4.69, 9.17) is 4.52 Å². The molecule has 0 atom stereocenters. The van der Waals surface area contributed by atoms with Crippen molar-refractivity contribution in [1.82, 2.24) is 15.4 Å². The number of aromatic nitrogens is 1. The molecule has 4 saturated carbocycles. The van der Waals surface area contributed by atoms with Crippen molar-refractivity contribution < 1.29 is 18.9 Å². The van der Waals surface area contributed by atoms with Gasteiger partial charge in [0.05, 0.1) is 0 Å². The zero-order valence-electron chi connectivity index (χ0n) is 18.9. The first-order valence-electron chi connectivity index (χ1n) is 12.2. The predicted molar refractivity (Wildman–Crippen MR) is 117 cm³/mol. The summed E-state index contributed by atoms with van der Waals surface area (Å²) in [6.07, 6.45) is 8.67. The maximum atomic E-state index is 13.0. The van der Waals surface area contributed by atoms with Crippen LogP contribution < -0.4 is 10.6 Å². The molecule has 1 aromatic heterocycles. The Kier molecular flexibility index (Phi) is 5.72. The van der Waals surface area contributed by atoms with Crippen molar-refractivity contribution in [3.05, 3.63) is 11.8 Å². The maximum absolute atomic E-state index is 13.0. The summed E-state index contributed by atoms with van der Waals surface area (Å²) in [6.45, 7) is 3.32. The molecule has 0 radical (unpaired) electrons. The lowest BCUT2D eigenvalue weighted by molar-refractivity contribution is -0.146. The second-order valence-electron chi connectivity index (χ2n) is 10.7. The summed E-state index contributed by atoms with van der Waals surface area (Å²) in [6, 6.07) is 1.69. The van der Waals surface area contributed by atoms with Crippen LogP contribution in [-0.2, 0) is 14.4 Å². The predicted octanol–water partition coefficient (Wildman–Crippen LogP) is 2.88. The van der Waals surface area contributed by atoms with Gasteiger partial charge in [-0.15, -0.1) is 0 Å². The lowest BCUT2D eigenvalue weighted by atomic mass is 9.49. The number of nitrogens with zero attached hydrogens (tertiary/aromatic N) is 2. The van der Waals surface area contributed by atoms with E-state index < -0.39 is 0 Å². The first kappa shape index (κ1) is 21.5. The normalized spacial score (nSPS) is 31.5. The minimum Gasteiger partial charge on any atom is -0.360 e. The van der Waals surface area contributed by atoms with E-state index in [1.165, 1.54) is 19.3 Å². The van der Waals surface area contributed by atoms with E-state index in [9.17, 15) is 14.4 Å². The molecule has 2 N–H and O–H groups in total. The average Bonchev–Trinajstić information content (AvgIpc) is 3.17. The number of amides is 3. The Morgan fingerprint density at radius 1 is 1.09 bits per heavy atom. The largest absolute Gasteiger partial charge is 0.360 e. The summed E-state index contributed by atoms with van der Waals surface area (Å²) < 4.78 is 4.98. The molecule has 5 aliphatic rings. The van der Waals surface area contributed by atoms with Gasteiger partial charge >= 0.3 is 0 Å². The van der Waals surface area contributed by atoms with Crippen molar-refractivity contribution in [3.8, 4) is 0 Å². The highest BCUT2D eigenvalue weighted by Crippen LogP contribution is 2.60. The van der Waals surface area contributed by atoms with Crippen molar-refractivity contribution in [2.45, 2.75) is 64.7 Å². The zero-order chi connectivity index (χ0) is 22.3. The number of hydrogen-bond acceptors (Lipinski definition) is 5. The van der Waals surface area contributed by atoms with Crippen molar-refractivity contribution in [2.24, 2.45) is 29.1 Å². The van der Waals surface area contributed by atoms with Crippen molar-refractivity contribution >= 4 is 23.5 Å². The number of carbonyl (C=O) groups is 3. The van der Waals surface area contributed by atoms with Gasteiger partial charge in [-0.1, -0.05) is 5.16 Å². The molecule has 0 aromatic carbocycles. The van der Waals surface area contributed by atoms with E-state index in [1.807, 2.05) is 4.90 Å². The molecule has 0 spiro atoms. The Balaban J connectivity index is 1.04. The number of anilines is 1. The van der Waals surface area contributed by atoms with Crippen LogP contribution in [0, 0.1) is 36.0 Å². The minimum absolute atomic E-state index is 0.0572. The highest BCUT2D eigenvalue weighted by molar-refractivity contribution is 5.92. The second kappa shape index (κ2) is 8.52. The molecule has 2 heterocycles. The van der Waals surface area contributed by atoms with E-state index in [2.05, 4.69) is 15.8 Å². The third-order valence-electron chi connectivity index (χ3n) is 8.24. The lowest BCUT2D eigenvalue weighted by Gasteiger charge is -2.55. The van der Waals surface area contributed by atoms with Crippen molar-refractivity contribution in [1.29, 1.82) is 0 Å². The highest BCUT2D eigenvalue weighted by atomic mass is 16.5. The zero-order valence-corrected chi connectivity index (χ0v) is 18.9. The van der Waals surface area contributed by atoms with Gasteiger partial charge < -0.3 is 20.1 Å². The Labute approximate surface area is 188 Å². The van der Waals surface area contributed by atoms with Gasteiger partial charge in [0, 0.05) is 43.5 Å². The fourth-order valence-corrected chi connectivity index (χ4v) is 7.06. The van der Waals surface area contributed by atoms with Gasteiger partial charge in [0.2, 0.25) is 17.7 Å². The van der Waals surface area contributed by atoms with Crippen LogP contribution in [0.25, 0.3) is 0 Å². The summed E-state index contributed by atoms with van der Waals surface area (Å²) in [4.78, 5) is 39.9. The summed E-state index contributed by atoms with van der Waals surface area (Å²) >= 11 is 0. The number of piperidine rings is 1. The number of rotatable bonds is 6. The molecule has 174 valence electrons. The molecule has 32 heavy (non-hydrogen) atoms. The van der Waals surface area contributed by atoms with Crippen LogP contribution in [0.15, 0.2) is 10.6 Å². The monoisotopic (exact) mass is 442 g/mol.